The van der Waals surface area contributed by atoms with Crippen molar-refractivity contribution in [3.05, 3.63) is 65.2 Å². The first-order chi connectivity index (χ1) is 12.9. The number of carbonyl (C=O) groups excluding carboxylic acids is 2. The second-order valence-electron chi connectivity index (χ2n) is 6.55. The minimum absolute atomic E-state index is 0.188. The molecule has 0 spiro atoms. The molecule has 2 amide bonds. The zero-order valence-electron chi connectivity index (χ0n) is 16.1. The molecule has 0 radical (unpaired) electrons. The number of nitrogens with one attached hydrogen (secondary N) is 1. The molecule has 0 saturated heterocycles. The van der Waals surface area contributed by atoms with Gasteiger partial charge in [-0.15, -0.1) is 0 Å². The number of carbonyl (C=O) groups is 2. The van der Waals surface area contributed by atoms with Crippen LogP contribution in [0.5, 0.6) is 0 Å². The van der Waals surface area contributed by atoms with Crippen LogP contribution in [0.3, 0.4) is 0 Å². The highest BCUT2D eigenvalue weighted by atomic mass is 16.2. The first kappa shape index (κ1) is 18.6. The number of hydrogen-bond donors (Lipinski definition) is 1. The van der Waals surface area contributed by atoms with Gasteiger partial charge in [0, 0.05) is 25.0 Å². The van der Waals surface area contributed by atoms with E-state index in [0.717, 1.165) is 11.1 Å². The van der Waals surface area contributed by atoms with Gasteiger partial charge in [-0.05, 0) is 63.1 Å². The third kappa shape index (κ3) is 3.69. The molecule has 1 N–H and O–H groups in total. The van der Waals surface area contributed by atoms with E-state index in [0.29, 0.717) is 24.3 Å². The number of rotatable bonds is 5. The Labute approximate surface area is 158 Å². The van der Waals surface area contributed by atoms with Crippen molar-refractivity contribution in [1.29, 1.82) is 0 Å². The lowest BCUT2D eigenvalue weighted by Gasteiger charge is -2.17. The number of hydrogen-bond acceptors (Lipinski definition) is 3. The lowest BCUT2D eigenvalue weighted by molar-refractivity contribution is 0.0760. The van der Waals surface area contributed by atoms with E-state index in [1.807, 2.05) is 58.0 Å². The number of anilines is 1. The van der Waals surface area contributed by atoms with Crippen molar-refractivity contribution < 1.29 is 9.59 Å². The fourth-order valence-electron chi connectivity index (χ4n) is 3.25. The third-order valence-corrected chi connectivity index (χ3v) is 4.48. The van der Waals surface area contributed by atoms with Crippen molar-refractivity contribution >= 4 is 23.0 Å². The van der Waals surface area contributed by atoms with Crippen LogP contribution in [0.25, 0.3) is 5.52 Å². The molecule has 0 fully saturated rings. The molecule has 2 aromatic heterocycles. The molecule has 27 heavy (non-hydrogen) atoms. The maximum atomic E-state index is 12.9. The normalized spacial score (nSPS) is 10.8. The molecular weight excluding hydrogens is 340 g/mol. The van der Waals surface area contributed by atoms with E-state index in [-0.39, 0.29) is 23.3 Å². The summed E-state index contributed by atoms with van der Waals surface area (Å²) < 4.78 is 1.68. The summed E-state index contributed by atoms with van der Waals surface area (Å²) in [6.45, 7) is 8.98. The van der Waals surface area contributed by atoms with E-state index in [1.165, 1.54) is 0 Å². The molecule has 0 atom stereocenters. The average molecular weight is 364 g/mol. The molecule has 1 aromatic carbocycles. The van der Waals surface area contributed by atoms with Crippen molar-refractivity contribution in [1.82, 2.24) is 14.3 Å². The molecule has 0 unspecified atom stereocenters. The lowest BCUT2D eigenvalue weighted by Crippen LogP contribution is -2.32. The van der Waals surface area contributed by atoms with E-state index < -0.39 is 0 Å². The summed E-state index contributed by atoms with van der Waals surface area (Å²) in [5.74, 6) is -0.270. The quantitative estimate of drug-likeness (QED) is 0.751. The minimum Gasteiger partial charge on any atom is -0.337 e. The summed E-state index contributed by atoms with van der Waals surface area (Å²) in [5.41, 5.74) is 3.70. The van der Waals surface area contributed by atoms with E-state index >= 15 is 0 Å². The predicted octanol–water partition coefficient (Wildman–Crippen LogP) is 3.69. The second-order valence-corrected chi connectivity index (χ2v) is 6.55. The number of aromatic nitrogens is 2. The number of amides is 2. The van der Waals surface area contributed by atoms with Gasteiger partial charge in [-0.3, -0.25) is 14.0 Å². The van der Waals surface area contributed by atoms with E-state index in [1.54, 1.807) is 21.6 Å². The number of benzene rings is 1. The Hall–Kier alpha value is -3.15. The van der Waals surface area contributed by atoms with Crippen LogP contribution in [0.15, 0.2) is 42.6 Å². The summed E-state index contributed by atoms with van der Waals surface area (Å²) >= 11 is 0. The fourth-order valence-corrected chi connectivity index (χ4v) is 3.25. The summed E-state index contributed by atoms with van der Waals surface area (Å²) in [5, 5.41) is 2.90. The van der Waals surface area contributed by atoms with Crippen LogP contribution in [0.1, 0.15) is 46.1 Å². The van der Waals surface area contributed by atoms with Gasteiger partial charge in [-0.1, -0.05) is 12.1 Å². The number of fused-ring (bicyclic) bond motifs is 1. The Balaban J connectivity index is 2.01. The third-order valence-electron chi connectivity index (χ3n) is 4.48. The minimum atomic E-state index is -0.331. The maximum absolute atomic E-state index is 12.9. The standard InChI is InChI=1S/C21H24N4O2/c1-5-24(6-2)21(27)19-23-18(17-9-7-8-10-25(17)19)20(26)22-16-12-14(3)11-15(4)13-16/h7-13H,5-6H2,1-4H3,(H,22,26). The Morgan fingerprint density at radius 1 is 1.07 bits per heavy atom. The van der Waals surface area contributed by atoms with Crippen LogP contribution in [0.4, 0.5) is 5.69 Å². The van der Waals surface area contributed by atoms with Crippen LogP contribution < -0.4 is 5.32 Å². The molecule has 6 nitrogen and oxygen atoms in total. The van der Waals surface area contributed by atoms with Gasteiger partial charge in [0.15, 0.2) is 5.69 Å². The van der Waals surface area contributed by atoms with Crippen LogP contribution in [-0.4, -0.2) is 39.2 Å². The summed E-state index contributed by atoms with van der Waals surface area (Å²) in [4.78, 5) is 31.8. The maximum Gasteiger partial charge on any atom is 0.290 e. The molecule has 0 saturated carbocycles. The average Bonchev–Trinajstić information content (AvgIpc) is 3.01. The Morgan fingerprint density at radius 3 is 2.37 bits per heavy atom. The molecule has 0 aliphatic carbocycles. The highest BCUT2D eigenvalue weighted by Gasteiger charge is 2.24. The molecule has 3 aromatic rings. The Kier molecular flexibility index (Phi) is 5.26. The Bertz CT molecular complexity index is 982. The smallest absolute Gasteiger partial charge is 0.290 e. The van der Waals surface area contributed by atoms with Gasteiger partial charge in [-0.25, -0.2) is 4.98 Å². The lowest BCUT2D eigenvalue weighted by atomic mass is 10.1. The molecule has 0 aliphatic heterocycles. The molecule has 6 heteroatoms. The van der Waals surface area contributed by atoms with E-state index in [9.17, 15) is 9.59 Å². The van der Waals surface area contributed by atoms with Crippen molar-refractivity contribution in [3.63, 3.8) is 0 Å². The second kappa shape index (κ2) is 7.61. The summed E-state index contributed by atoms with van der Waals surface area (Å²) in [7, 11) is 0. The predicted molar refractivity (Wildman–Crippen MR) is 106 cm³/mol. The van der Waals surface area contributed by atoms with Crippen LogP contribution >= 0.6 is 0 Å². The molecular formula is C21H24N4O2. The monoisotopic (exact) mass is 364 g/mol. The van der Waals surface area contributed by atoms with Crippen molar-refractivity contribution in [3.8, 4) is 0 Å². The van der Waals surface area contributed by atoms with Crippen molar-refractivity contribution in [2.24, 2.45) is 0 Å². The fraction of sp³-hybridized carbons (Fsp3) is 0.286. The zero-order valence-corrected chi connectivity index (χ0v) is 16.1. The topological polar surface area (TPSA) is 66.7 Å². The molecule has 0 bridgehead atoms. The highest BCUT2D eigenvalue weighted by Crippen LogP contribution is 2.19. The van der Waals surface area contributed by atoms with Crippen LogP contribution in [-0.2, 0) is 0 Å². The van der Waals surface area contributed by atoms with Gasteiger partial charge >= 0.3 is 0 Å². The molecule has 0 aliphatic rings. The largest absolute Gasteiger partial charge is 0.337 e. The van der Waals surface area contributed by atoms with E-state index in [2.05, 4.69) is 10.3 Å². The molecule has 140 valence electrons. The first-order valence-electron chi connectivity index (χ1n) is 9.10. The number of aryl methyl sites for hydroxylation is 2. The van der Waals surface area contributed by atoms with Crippen LogP contribution in [0.2, 0.25) is 0 Å². The van der Waals surface area contributed by atoms with Crippen LogP contribution in [0, 0.1) is 13.8 Å². The van der Waals surface area contributed by atoms with Gasteiger partial charge in [0.05, 0.1) is 5.52 Å². The van der Waals surface area contributed by atoms with Gasteiger partial charge in [-0.2, -0.15) is 0 Å². The zero-order chi connectivity index (χ0) is 19.6. The molecule has 2 heterocycles. The van der Waals surface area contributed by atoms with E-state index in [4.69, 9.17) is 0 Å². The summed E-state index contributed by atoms with van der Waals surface area (Å²) in [6.07, 6.45) is 1.76. The number of pyridine rings is 1. The van der Waals surface area contributed by atoms with Gasteiger partial charge in [0.25, 0.3) is 11.8 Å². The Morgan fingerprint density at radius 2 is 1.74 bits per heavy atom. The van der Waals surface area contributed by atoms with Gasteiger partial charge in [0.2, 0.25) is 5.82 Å². The van der Waals surface area contributed by atoms with Gasteiger partial charge < -0.3 is 10.2 Å². The first-order valence-corrected chi connectivity index (χ1v) is 9.10. The number of imidazole rings is 1. The SMILES string of the molecule is CCN(CC)C(=O)c1nc(C(=O)Nc2cc(C)cc(C)c2)c2ccccn12. The van der Waals surface area contributed by atoms with Crippen molar-refractivity contribution in [2.45, 2.75) is 27.7 Å². The molecule has 3 rings (SSSR count). The van der Waals surface area contributed by atoms with Crippen molar-refractivity contribution in [2.75, 3.05) is 18.4 Å². The highest BCUT2D eigenvalue weighted by molar-refractivity contribution is 6.09. The van der Waals surface area contributed by atoms with Gasteiger partial charge in [0.1, 0.15) is 0 Å². The summed E-state index contributed by atoms with van der Waals surface area (Å²) in [6, 6.07) is 11.3. The number of nitrogens with zero attached hydrogens (tertiary/aromatic N) is 3.